The second kappa shape index (κ2) is 7.71. The van der Waals surface area contributed by atoms with Crippen molar-refractivity contribution in [2.45, 2.75) is 23.1 Å². The number of hydrogen-bond donors (Lipinski definition) is 1. The molecule has 3 heterocycles. The minimum absolute atomic E-state index is 0.121. The van der Waals surface area contributed by atoms with Gasteiger partial charge in [-0.1, -0.05) is 46.1 Å². The van der Waals surface area contributed by atoms with Gasteiger partial charge < -0.3 is 5.32 Å². The summed E-state index contributed by atoms with van der Waals surface area (Å²) in [6, 6.07) is 5.46. The molecule has 1 aliphatic heterocycles. The molecule has 1 aromatic carbocycles. The molecule has 1 fully saturated rings. The van der Waals surface area contributed by atoms with E-state index < -0.39 is 22.0 Å². The van der Waals surface area contributed by atoms with E-state index in [0.717, 1.165) is 11.3 Å². The first-order valence-electron chi connectivity index (χ1n) is 8.10. The number of carbonyl (C=O) groups excluding carboxylic acids is 1. The van der Waals surface area contributed by atoms with Gasteiger partial charge in [0.25, 0.3) is 10.0 Å². The van der Waals surface area contributed by atoms with Gasteiger partial charge >= 0.3 is 0 Å². The standard InChI is InChI=1S/C16H12Cl3N3O3S3/c17-8-3-4-9(18)14-13(8)20-16(27-14)21-15(23)10-2-1-7-22(10)28(24,25)12-6-5-11(19)26-12/h3-6,10H,1-2,7H2,(H,20,21,23). The lowest BCUT2D eigenvalue weighted by Gasteiger charge is -2.22. The Morgan fingerprint density at radius 1 is 1.14 bits per heavy atom. The summed E-state index contributed by atoms with van der Waals surface area (Å²) in [5, 5.41) is 3.94. The third kappa shape index (κ3) is 3.65. The van der Waals surface area contributed by atoms with Gasteiger partial charge in [-0.05, 0) is 37.1 Å². The van der Waals surface area contributed by atoms with Crippen molar-refractivity contribution in [1.82, 2.24) is 9.29 Å². The van der Waals surface area contributed by atoms with Crippen LogP contribution in [0.25, 0.3) is 10.2 Å². The molecule has 3 aromatic rings. The molecule has 1 N–H and O–H groups in total. The Hall–Kier alpha value is -0.940. The number of nitrogens with zero attached hydrogens (tertiary/aromatic N) is 2. The van der Waals surface area contributed by atoms with Gasteiger partial charge in [0.2, 0.25) is 5.91 Å². The quantitative estimate of drug-likeness (QED) is 0.544. The molecule has 1 amide bonds. The maximum absolute atomic E-state index is 12.9. The highest BCUT2D eigenvalue weighted by Gasteiger charge is 2.40. The Kier molecular flexibility index (Phi) is 5.60. The molecule has 28 heavy (non-hydrogen) atoms. The first-order valence-corrected chi connectivity index (χ1v) is 12.3. The lowest BCUT2D eigenvalue weighted by Crippen LogP contribution is -2.42. The Labute approximate surface area is 184 Å². The lowest BCUT2D eigenvalue weighted by molar-refractivity contribution is -0.119. The molecule has 6 nitrogen and oxygen atoms in total. The monoisotopic (exact) mass is 495 g/mol. The van der Waals surface area contributed by atoms with Gasteiger partial charge in [-0.3, -0.25) is 4.79 Å². The summed E-state index contributed by atoms with van der Waals surface area (Å²) in [5.74, 6) is -0.435. The van der Waals surface area contributed by atoms with Crippen molar-refractivity contribution in [3.63, 3.8) is 0 Å². The number of hydrogen-bond acceptors (Lipinski definition) is 6. The maximum atomic E-state index is 12.9. The zero-order valence-electron chi connectivity index (χ0n) is 14.0. The van der Waals surface area contributed by atoms with Crippen molar-refractivity contribution in [2.75, 3.05) is 11.9 Å². The predicted octanol–water partition coefficient (Wildman–Crippen LogP) is 5.11. The fourth-order valence-electron chi connectivity index (χ4n) is 3.03. The van der Waals surface area contributed by atoms with Crippen LogP contribution in [0.2, 0.25) is 14.4 Å². The molecular formula is C16H12Cl3N3O3S3. The second-order valence-corrected chi connectivity index (χ2v) is 11.7. The lowest BCUT2D eigenvalue weighted by atomic mass is 10.2. The molecule has 1 saturated heterocycles. The average Bonchev–Trinajstić information content (AvgIpc) is 3.37. The number of carbonyl (C=O) groups is 1. The molecule has 1 unspecified atom stereocenters. The van der Waals surface area contributed by atoms with Crippen molar-refractivity contribution < 1.29 is 13.2 Å². The zero-order chi connectivity index (χ0) is 20.1. The number of thiophene rings is 1. The molecular weight excluding hydrogens is 485 g/mol. The Balaban J connectivity index is 1.59. The van der Waals surface area contributed by atoms with Crippen LogP contribution in [-0.2, 0) is 14.8 Å². The number of rotatable bonds is 4. The largest absolute Gasteiger partial charge is 0.301 e. The van der Waals surface area contributed by atoms with Gasteiger partial charge in [0.15, 0.2) is 5.13 Å². The molecule has 4 rings (SSSR count). The van der Waals surface area contributed by atoms with Crippen LogP contribution in [0.5, 0.6) is 0 Å². The summed E-state index contributed by atoms with van der Waals surface area (Å²) in [7, 11) is -3.80. The summed E-state index contributed by atoms with van der Waals surface area (Å²) in [5.41, 5.74) is 0.499. The normalized spacial score (nSPS) is 18.0. The van der Waals surface area contributed by atoms with Crippen molar-refractivity contribution in [1.29, 1.82) is 0 Å². The van der Waals surface area contributed by atoms with Gasteiger partial charge in [-0.15, -0.1) is 11.3 Å². The van der Waals surface area contributed by atoms with Crippen LogP contribution < -0.4 is 5.32 Å². The van der Waals surface area contributed by atoms with Crippen LogP contribution in [0.3, 0.4) is 0 Å². The van der Waals surface area contributed by atoms with E-state index in [1.165, 1.54) is 27.8 Å². The van der Waals surface area contributed by atoms with E-state index in [1.54, 1.807) is 12.1 Å². The van der Waals surface area contributed by atoms with Gasteiger partial charge in [0, 0.05) is 6.54 Å². The molecule has 0 bridgehead atoms. The number of amides is 1. The van der Waals surface area contributed by atoms with Crippen molar-refractivity contribution in [2.24, 2.45) is 0 Å². The van der Waals surface area contributed by atoms with Gasteiger partial charge in [-0.25, -0.2) is 13.4 Å². The highest BCUT2D eigenvalue weighted by Crippen LogP contribution is 2.37. The predicted molar refractivity (Wildman–Crippen MR) is 115 cm³/mol. The summed E-state index contributed by atoms with van der Waals surface area (Å²) in [4.78, 5) is 17.1. The summed E-state index contributed by atoms with van der Waals surface area (Å²) < 4.78 is 28.2. The number of halogens is 3. The second-order valence-electron chi connectivity index (χ2n) is 6.05. The van der Waals surface area contributed by atoms with Crippen LogP contribution in [-0.4, -0.2) is 36.2 Å². The van der Waals surface area contributed by atoms with E-state index >= 15 is 0 Å². The van der Waals surface area contributed by atoms with Gasteiger partial charge in [0.05, 0.1) is 19.1 Å². The highest BCUT2D eigenvalue weighted by atomic mass is 35.5. The molecule has 0 aliphatic carbocycles. The van der Waals surface area contributed by atoms with E-state index in [9.17, 15) is 13.2 Å². The summed E-state index contributed by atoms with van der Waals surface area (Å²) in [6.07, 6.45) is 1.02. The minimum atomic E-state index is -3.80. The highest BCUT2D eigenvalue weighted by molar-refractivity contribution is 7.91. The van der Waals surface area contributed by atoms with E-state index in [0.29, 0.717) is 42.6 Å². The molecule has 12 heteroatoms. The van der Waals surface area contributed by atoms with Crippen LogP contribution in [0, 0.1) is 0 Å². The summed E-state index contributed by atoms with van der Waals surface area (Å²) in [6.45, 7) is 0.271. The van der Waals surface area contributed by atoms with Crippen molar-refractivity contribution >= 4 is 88.8 Å². The smallest absolute Gasteiger partial charge is 0.253 e. The number of aromatic nitrogens is 1. The maximum Gasteiger partial charge on any atom is 0.253 e. The third-order valence-corrected chi connectivity index (χ3v) is 9.64. The molecule has 148 valence electrons. The average molecular weight is 497 g/mol. The van der Waals surface area contributed by atoms with Crippen LogP contribution in [0.1, 0.15) is 12.8 Å². The number of benzene rings is 1. The molecule has 0 saturated carbocycles. The Morgan fingerprint density at radius 2 is 1.89 bits per heavy atom. The van der Waals surface area contributed by atoms with Gasteiger partial charge in [-0.2, -0.15) is 4.31 Å². The van der Waals surface area contributed by atoms with Crippen LogP contribution in [0.15, 0.2) is 28.5 Å². The van der Waals surface area contributed by atoms with E-state index in [1.807, 2.05) is 0 Å². The molecule has 0 radical (unpaired) electrons. The number of sulfonamides is 1. The van der Waals surface area contributed by atoms with Crippen molar-refractivity contribution in [3.8, 4) is 0 Å². The molecule has 1 atom stereocenters. The molecule has 1 aliphatic rings. The van der Waals surface area contributed by atoms with E-state index in [4.69, 9.17) is 34.8 Å². The molecule has 0 spiro atoms. The Bertz CT molecular complexity index is 1140. The minimum Gasteiger partial charge on any atom is -0.301 e. The molecule has 2 aromatic heterocycles. The van der Waals surface area contributed by atoms with E-state index in [2.05, 4.69) is 10.3 Å². The topological polar surface area (TPSA) is 79.4 Å². The zero-order valence-corrected chi connectivity index (χ0v) is 18.7. The number of anilines is 1. The first-order chi connectivity index (χ1) is 13.3. The third-order valence-electron chi connectivity index (χ3n) is 4.29. The van der Waals surface area contributed by atoms with E-state index in [-0.39, 0.29) is 10.8 Å². The Morgan fingerprint density at radius 3 is 2.57 bits per heavy atom. The number of thiazole rings is 1. The number of nitrogens with one attached hydrogen (secondary N) is 1. The van der Waals surface area contributed by atoms with Crippen LogP contribution >= 0.6 is 57.5 Å². The SMILES string of the molecule is O=C(Nc1nc2c(Cl)ccc(Cl)c2s1)C1CCCN1S(=O)(=O)c1ccc(Cl)s1. The first kappa shape index (κ1) is 20.3. The fourth-order valence-corrected chi connectivity index (χ4v) is 7.72. The van der Waals surface area contributed by atoms with Crippen LogP contribution in [0.4, 0.5) is 5.13 Å². The summed E-state index contributed by atoms with van der Waals surface area (Å²) >= 11 is 20.3. The number of fused-ring (bicyclic) bond motifs is 1. The van der Waals surface area contributed by atoms with Crippen molar-refractivity contribution in [3.05, 3.63) is 38.6 Å². The fraction of sp³-hybridized carbons (Fsp3) is 0.250. The van der Waals surface area contributed by atoms with Gasteiger partial charge in [0.1, 0.15) is 15.8 Å².